The molecule has 2 N–H and O–H groups in total. The maximum atomic E-state index is 12.1. The van der Waals surface area contributed by atoms with Gasteiger partial charge in [-0.2, -0.15) is 8.78 Å². The summed E-state index contributed by atoms with van der Waals surface area (Å²) in [6, 6.07) is 6.45. The molecule has 0 fully saturated rings. The topological polar surface area (TPSA) is 44.5 Å². The zero-order chi connectivity index (χ0) is 11.3. The molecular formula is C10H13F2NO2. The summed E-state index contributed by atoms with van der Waals surface area (Å²) in [5, 5.41) is 0. The van der Waals surface area contributed by atoms with Crippen molar-refractivity contribution in [3.05, 3.63) is 29.8 Å². The summed E-state index contributed by atoms with van der Waals surface area (Å²) >= 11 is 0. The van der Waals surface area contributed by atoms with Crippen LogP contribution in [0.3, 0.4) is 0 Å². The Labute approximate surface area is 86.8 Å². The molecule has 0 saturated heterocycles. The van der Waals surface area contributed by atoms with Crippen LogP contribution in [0.25, 0.3) is 0 Å². The molecule has 0 amide bonds. The molecule has 1 atom stereocenters. The fourth-order valence-corrected chi connectivity index (χ4v) is 1.30. The van der Waals surface area contributed by atoms with E-state index in [1.807, 2.05) is 0 Å². The fraction of sp³-hybridized carbons (Fsp3) is 0.400. The average molecular weight is 217 g/mol. The molecule has 5 heteroatoms. The van der Waals surface area contributed by atoms with E-state index in [4.69, 9.17) is 10.5 Å². The van der Waals surface area contributed by atoms with Crippen molar-refractivity contribution in [3.8, 4) is 5.75 Å². The lowest BCUT2D eigenvalue weighted by Crippen LogP contribution is -2.16. The Bertz CT molecular complexity index is 303. The van der Waals surface area contributed by atoms with Crippen molar-refractivity contribution in [2.75, 3.05) is 13.7 Å². The van der Waals surface area contributed by atoms with Gasteiger partial charge in [0.05, 0.1) is 6.10 Å². The van der Waals surface area contributed by atoms with Crippen LogP contribution < -0.4 is 10.5 Å². The molecule has 15 heavy (non-hydrogen) atoms. The SMILES string of the molecule is COC(CN)c1ccccc1OC(F)F. The molecular weight excluding hydrogens is 204 g/mol. The van der Waals surface area contributed by atoms with Crippen molar-refractivity contribution >= 4 is 0 Å². The number of rotatable bonds is 5. The van der Waals surface area contributed by atoms with E-state index in [2.05, 4.69) is 4.74 Å². The highest BCUT2D eigenvalue weighted by Crippen LogP contribution is 2.27. The summed E-state index contributed by atoms with van der Waals surface area (Å²) < 4.78 is 33.6. The predicted octanol–water partition coefficient (Wildman–Crippen LogP) is 1.93. The molecule has 3 nitrogen and oxygen atoms in total. The third kappa shape index (κ3) is 3.14. The normalized spacial score (nSPS) is 12.9. The largest absolute Gasteiger partial charge is 0.434 e. The standard InChI is InChI=1S/C10H13F2NO2/c1-14-9(6-13)7-4-2-3-5-8(7)15-10(11)12/h2-5,9-10H,6,13H2,1H3. The Kier molecular flexibility index (Phi) is 4.45. The summed E-state index contributed by atoms with van der Waals surface area (Å²) in [5.74, 6) is 0.102. The highest BCUT2D eigenvalue weighted by molar-refractivity contribution is 5.35. The van der Waals surface area contributed by atoms with Crippen molar-refractivity contribution in [3.63, 3.8) is 0 Å². The molecule has 0 aliphatic carbocycles. The van der Waals surface area contributed by atoms with Crippen LogP contribution >= 0.6 is 0 Å². The third-order valence-corrected chi connectivity index (χ3v) is 1.98. The van der Waals surface area contributed by atoms with E-state index < -0.39 is 12.7 Å². The van der Waals surface area contributed by atoms with Crippen LogP contribution in [0.1, 0.15) is 11.7 Å². The molecule has 1 unspecified atom stereocenters. The Morgan fingerprint density at radius 1 is 1.33 bits per heavy atom. The van der Waals surface area contributed by atoms with Crippen molar-refractivity contribution in [2.45, 2.75) is 12.7 Å². The first kappa shape index (κ1) is 11.9. The average Bonchev–Trinajstić information content (AvgIpc) is 2.21. The Balaban J connectivity index is 2.94. The quantitative estimate of drug-likeness (QED) is 0.819. The van der Waals surface area contributed by atoms with Gasteiger partial charge in [0, 0.05) is 19.2 Å². The number of hydrogen-bond acceptors (Lipinski definition) is 3. The van der Waals surface area contributed by atoms with Gasteiger partial charge in [0.2, 0.25) is 0 Å². The monoisotopic (exact) mass is 217 g/mol. The predicted molar refractivity (Wildman–Crippen MR) is 51.9 cm³/mol. The lowest BCUT2D eigenvalue weighted by molar-refractivity contribution is -0.0519. The molecule has 0 spiro atoms. The van der Waals surface area contributed by atoms with Gasteiger partial charge in [-0.05, 0) is 6.07 Å². The number of hydrogen-bond donors (Lipinski definition) is 1. The van der Waals surface area contributed by atoms with E-state index in [0.717, 1.165) is 0 Å². The second-order valence-electron chi connectivity index (χ2n) is 2.88. The zero-order valence-corrected chi connectivity index (χ0v) is 8.32. The van der Waals surface area contributed by atoms with E-state index in [-0.39, 0.29) is 12.3 Å². The summed E-state index contributed by atoms with van der Waals surface area (Å²) in [5.41, 5.74) is 5.98. The van der Waals surface area contributed by atoms with Crippen LogP contribution in [-0.2, 0) is 4.74 Å². The maximum absolute atomic E-state index is 12.1. The van der Waals surface area contributed by atoms with Crippen LogP contribution in [0, 0.1) is 0 Å². The molecule has 1 aromatic rings. The number of para-hydroxylation sites is 1. The summed E-state index contributed by atoms with van der Waals surface area (Å²) in [7, 11) is 1.47. The van der Waals surface area contributed by atoms with E-state index in [0.29, 0.717) is 5.56 Å². The van der Waals surface area contributed by atoms with Gasteiger partial charge in [-0.1, -0.05) is 18.2 Å². The smallest absolute Gasteiger partial charge is 0.387 e. The highest BCUT2D eigenvalue weighted by Gasteiger charge is 2.15. The Morgan fingerprint density at radius 2 is 2.00 bits per heavy atom. The second-order valence-corrected chi connectivity index (χ2v) is 2.88. The lowest BCUT2D eigenvalue weighted by atomic mass is 10.1. The van der Waals surface area contributed by atoms with Crippen molar-refractivity contribution < 1.29 is 18.3 Å². The minimum absolute atomic E-state index is 0.102. The molecule has 1 aromatic carbocycles. The molecule has 0 heterocycles. The van der Waals surface area contributed by atoms with Crippen LogP contribution in [0.4, 0.5) is 8.78 Å². The molecule has 0 aromatic heterocycles. The number of methoxy groups -OCH3 is 1. The van der Waals surface area contributed by atoms with E-state index in [1.165, 1.54) is 13.2 Å². The minimum atomic E-state index is -2.85. The molecule has 0 saturated carbocycles. The minimum Gasteiger partial charge on any atom is -0.434 e. The van der Waals surface area contributed by atoms with Gasteiger partial charge in [-0.15, -0.1) is 0 Å². The van der Waals surface area contributed by atoms with E-state index in [9.17, 15) is 8.78 Å². The number of halogens is 2. The molecule has 0 radical (unpaired) electrons. The number of benzene rings is 1. The van der Waals surface area contributed by atoms with Crippen molar-refractivity contribution in [2.24, 2.45) is 5.73 Å². The van der Waals surface area contributed by atoms with Crippen LogP contribution in [-0.4, -0.2) is 20.3 Å². The van der Waals surface area contributed by atoms with Crippen LogP contribution in [0.2, 0.25) is 0 Å². The third-order valence-electron chi connectivity index (χ3n) is 1.98. The summed E-state index contributed by atoms with van der Waals surface area (Å²) in [6.45, 7) is -2.64. The van der Waals surface area contributed by atoms with Gasteiger partial charge in [-0.25, -0.2) is 0 Å². The van der Waals surface area contributed by atoms with Crippen LogP contribution in [0.5, 0.6) is 5.75 Å². The number of nitrogens with two attached hydrogens (primary N) is 1. The first-order valence-electron chi connectivity index (χ1n) is 4.45. The summed E-state index contributed by atoms with van der Waals surface area (Å²) in [6.07, 6.45) is -0.431. The molecule has 0 bridgehead atoms. The zero-order valence-electron chi connectivity index (χ0n) is 8.32. The molecule has 1 rings (SSSR count). The first-order chi connectivity index (χ1) is 7.19. The van der Waals surface area contributed by atoms with Gasteiger partial charge < -0.3 is 15.2 Å². The van der Waals surface area contributed by atoms with E-state index in [1.54, 1.807) is 18.2 Å². The van der Waals surface area contributed by atoms with Crippen LogP contribution in [0.15, 0.2) is 24.3 Å². The first-order valence-corrected chi connectivity index (χ1v) is 4.45. The highest BCUT2D eigenvalue weighted by atomic mass is 19.3. The fourth-order valence-electron chi connectivity index (χ4n) is 1.30. The Morgan fingerprint density at radius 3 is 2.53 bits per heavy atom. The molecule has 0 aliphatic heterocycles. The van der Waals surface area contributed by atoms with Gasteiger partial charge in [0.15, 0.2) is 0 Å². The van der Waals surface area contributed by atoms with Crippen molar-refractivity contribution in [1.82, 2.24) is 0 Å². The van der Waals surface area contributed by atoms with Gasteiger partial charge in [0.1, 0.15) is 5.75 Å². The van der Waals surface area contributed by atoms with Gasteiger partial charge >= 0.3 is 6.61 Å². The molecule has 0 aliphatic rings. The maximum Gasteiger partial charge on any atom is 0.387 e. The van der Waals surface area contributed by atoms with Gasteiger partial charge in [0.25, 0.3) is 0 Å². The van der Waals surface area contributed by atoms with Gasteiger partial charge in [-0.3, -0.25) is 0 Å². The number of alkyl halides is 2. The second kappa shape index (κ2) is 5.63. The lowest BCUT2D eigenvalue weighted by Gasteiger charge is -2.17. The Hall–Kier alpha value is -1.20. The van der Waals surface area contributed by atoms with E-state index >= 15 is 0 Å². The summed E-state index contributed by atoms with van der Waals surface area (Å²) in [4.78, 5) is 0. The number of ether oxygens (including phenoxy) is 2. The molecule has 84 valence electrons. The van der Waals surface area contributed by atoms with Crippen molar-refractivity contribution in [1.29, 1.82) is 0 Å².